The van der Waals surface area contributed by atoms with Gasteiger partial charge in [0, 0.05) is 18.0 Å². The van der Waals surface area contributed by atoms with Gasteiger partial charge in [0.1, 0.15) is 5.75 Å². The maximum Gasteiger partial charge on any atom is 0.127 e. The van der Waals surface area contributed by atoms with E-state index in [0.717, 1.165) is 31.9 Å². The molecule has 112 valence electrons. The van der Waals surface area contributed by atoms with E-state index < -0.39 is 0 Å². The van der Waals surface area contributed by atoms with Crippen molar-refractivity contribution in [2.45, 2.75) is 38.6 Å². The minimum Gasteiger partial charge on any atom is -0.493 e. The van der Waals surface area contributed by atoms with Crippen LogP contribution in [0.5, 0.6) is 5.75 Å². The van der Waals surface area contributed by atoms with Gasteiger partial charge in [0.05, 0.1) is 6.61 Å². The number of fused-ring (bicyclic) bond motifs is 1. The van der Waals surface area contributed by atoms with Gasteiger partial charge in [-0.1, -0.05) is 32.0 Å². The Morgan fingerprint density at radius 2 is 2.15 bits per heavy atom. The first-order chi connectivity index (χ1) is 9.59. The van der Waals surface area contributed by atoms with Gasteiger partial charge >= 0.3 is 0 Å². The van der Waals surface area contributed by atoms with Crippen LogP contribution in [0, 0.1) is 0 Å². The topological polar surface area (TPSA) is 24.5 Å². The molecule has 1 aromatic rings. The molecule has 1 aliphatic rings. The highest BCUT2D eigenvalue weighted by Gasteiger charge is 2.23. The first-order valence-corrected chi connectivity index (χ1v) is 7.73. The zero-order valence-electron chi connectivity index (χ0n) is 13.3. The van der Waals surface area contributed by atoms with Gasteiger partial charge in [0.15, 0.2) is 0 Å². The normalized spacial score (nSPS) is 18.2. The summed E-state index contributed by atoms with van der Waals surface area (Å²) in [6.07, 6.45) is 2.25. The summed E-state index contributed by atoms with van der Waals surface area (Å²) < 4.78 is 5.94. The predicted octanol–water partition coefficient (Wildman–Crippen LogP) is 3.17. The molecule has 0 aliphatic carbocycles. The van der Waals surface area contributed by atoms with Crippen molar-refractivity contribution in [3.63, 3.8) is 0 Å². The van der Waals surface area contributed by atoms with Crippen LogP contribution >= 0.6 is 0 Å². The highest BCUT2D eigenvalue weighted by atomic mass is 16.5. The molecule has 0 saturated heterocycles. The minimum atomic E-state index is 0.444. The van der Waals surface area contributed by atoms with Gasteiger partial charge in [-0.2, -0.15) is 0 Å². The van der Waals surface area contributed by atoms with Crippen LogP contribution in [-0.4, -0.2) is 38.7 Å². The average Bonchev–Trinajstić information content (AvgIpc) is 2.42. The van der Waals surface area contributed by atoms with Crippen molar-refractivity contribution in [3.05, 3.63) is 29.3 Å². The van der Waals surface area contributed by atoms with E-state index >= 15 is 0 Å². The molecule has 0 radical (unpaired) electrons. The minimum absolute atomic E-state index is 0.444. The summed E-state index contributed by atoms with van der Waals surface area (Å²) in [4.78, 5) is 2.23. The molecule has 3 nitrogen and oxygen atoms in total. The van der Waals surface area contributed by atoms with Gasteiger partial charge in [0.25, 0.3) is 0 Å². The number of benzene rings is 1. The Morgan fingerprint density at radius 1 is 1.35 bits per heavy atom. The molecule has 0 aromatic heterocycles. The van der Waals surface area contributed by atoms with Crippen molar-refractivity contribution in [3.8, 4) is 5.75 Å². The van der Waals surface area contributed by atoms with Gasteiger partial charge in [0.2, 0.25) is 0 Å². The molecule has 1 atom stereocenters. The van der Waals surface area contributed by atoms with E-state index in [4.69, 9.17) is 4.74 Å². The van der Waals surface area contributed by atoms with Gasteiger partial charge in [-0.05, 0) is 45.1 Å². The fraction of sp³-hybridized carbons (Fsp3) is 0.647. The molecule has 3 heteroatoms. The van der Waals surface area contributed by atoms with E-state index in [1.807, 2.05) is 0 Å². The molecule has 0 bridgehead atoms. The average molecular weight is 276 g/mol. The van der Waals surface area contributed by atoms with E-state index in [0.29, 0.717) is 12.0 Å². The molecule has 1 heterocycles. The van der Waals surface area contributed by atoms with Crippen molar-refractivity contribution >= 4 is 0 Å². The van der Waals surface area contributed by atoms with E-state index in [1.165, 1.54) is 17.5 Å². The molecule has 0 saturated carbocycles. The number of ether oxygens (including phenoxy) is 1. The van der Waals surface area contributed by atoms with Crippen molar-refractivity contribution in [2.24, 2.45) is 0 Å². The lowest BCUT2D eigenvalue weighted by molar-refractivity contribution is 0.248. The third-order valence-electron chi connectivity index (χ3n) is 3.90. The third-order valence-corrected chi connectivity index (χ3v) is 3.90. The largest absolute Gasteiger partial charge is 0.493 e. The lowest BCUT2D eigenvalue weighted by Gasteiger charge is -2.29. The van der Waals surface area contributed by atoms with Crippen LogP contribution in [0.15, 0.2) is 18.2 Å². The zero-order chi connectivity index (χ0) is 14.5. The Balaban J connectivity index is 2.03. The van der Waals surface area contributed by atoms with Gasteiger partial charge in [-0.15, -0.1) is 0 Å². The second kappa shape index (κ2) is 7.09. The number of hydrogen-bond acceptors (Lipinski definition) is 3. The number of nitrogens with one attached hydrogen (secondary N) is 1. The van der Waals surface area contributed by atoms with Crippen molar-refractivity contribution in [1.29, 1.82) is 0 Å². The van der Waals surface area contributed by atoms with Crippen LogP contribution < -0.4 is 10.1 Å². The fourth-order valence-corrected chi connectivity index (χ4v) is 2.79. The number of rotatable bonds is 6. The Kier molecular flexibility index (Phi) is 5.44. The molecule has 2 rings (SSSR count). The maximum absolute atomic E-state index is 5.94. The molecule has 1 unspecified atom stereocenters. The second-order valence-corrected chi connectivity index (χ2v) is 6.22. The molecule has 0 spiro atoms. The van der Waals surface area contributed by atoms with Crippen LogP contribution in [0.4, 0.5) is 0 Å². The summed E-state index contributed by atoms with van der Waals surface area (Å²) >= 11 is 0. The Hall–Kier alpha value is -1.06. The standard InChI is InChI=1S/C17H28N2O/c1-13(2)14-7-5-8-15-16(9-12-20-17(14)15)18-10-6-11-19(3)4/h5,7-8,13,16,18H,6,9-12H2,1-4H3. The highest BCUT2D eigenvalue weighted by Crippen LogP contribution is 2.37. The highest BCUT2D eigenvalue weighted by molar-refractivity contribution is 5.46. The first-order valence-electron chi connectivity index (χ1n) is 7.73. The molecule has 0 amide bonds. The monoisotopic (exact) mass is 276 g/mol. The predicted molar refractivity (Wildman–Crippen MR) is 84.6 cm³/mol. The Morgan fingerprint density at radius 3 is 2.85 bits per heavy atom. The molecule has 1 N–H and O–H groups in total. The van der Waals surface area contributed by atoms with E-state index in [2.05, 4.69) is 56.4 Å². The van der Waals surface area contributed by atoms with Crippen LogP contribution in [-0.2, 0) is 0 Å². The number of para-hydroxylation sites is 1. The first kappa shape index (κ1) is 15.3. The Labute approximate surface area is 123 Å². The van der Waals surface area contributed by atoms with Crippen molar-refractivity contribution < 1.29 is 4.74 Å². The summed E-state index contributed by atoms with van der Waals surface area (Å²) in [7, 11) is 4.25. The maximum atomic E-state index is 5.94. The quantitative estimate of drug-likeness (QED) is 0.808. The van der Waals surface area contributed by atoms with Gasteiger partial charge in [-0.3, -0.25) is 0 Å². The van der Waals surface area contributed by atoms with E-state index in [1.54, 1.807) is 0 Å². The third kappa shape index (κ3) is 3.74. The van der Waals surface area contributed by atoms with Crippen LogP contribution in [0.2, 0.25) is 0 Å². The summed E-state index contributed by atoms with van der Waals surface area (Å²) in [6, 6.07) is 7.01. The molecule has 1 aliphatic heterocycles. The second-order valence-electron chi connectivity index (χ2n) is 6.22. The number of hydrogen-bond donors (Lipinski definition) is 1. The summed E-state index contributed by atoms with van der Waals surface area (Å²) in [5.41, 5.74) is 2.68. The van der Waals surface area contributed by atoms with Crippen molar-refractivity contribution in [2.75, 3.05) is 33.8 Å². The summed E-state index contributed by atoms with van der Waals surface area (Å²) in [5, 5.41) is 3.69. The van der Waals surface area contributed by atoms with Crippen LogP contribution in [0.25, 0.3) is 0 Å². The van der Waals surface area contributed by atoms with Crippen LogP contribution in [0.1, 0.15) is 49.8 Å². The lowest BCUT2D eigenvalue weighted by atomic mass is 9.93. The molecular formula is C17H28N2O. The Bertz CT molecular complexity index is 429. The van der Waals surface area contributed by atoms with E-state index in [9.17, 15) is 0 Å². The van der Waals surface area contributed by atoms with Crippen LogP contribution in [0.3, 0.4) is 0 Å². The van der Waals surface area contributed by atoms with E-state index in [-0.39, 0.29) is 0 Å². The fourth-order valence-electron chi connectivity index (χ4n) is 2.79. The van der Waals surface area contributed by atoms with Gasteiger partial charge < -0.3 is 15.0 Å². The SMILES string of the molecule is CC(C)c1cccc2c1OCCC2NCCCN(C)C. The number of nitrogens with zero attached hydrogens (tertiary/aromatic N) is 1. The lowest BCUT2D eigenvalue weighted by Crippen LogP contribution is -2.29. The van der Waals surface area contributed by atoms with Crippen molar-refractivity contribution in [1.82, 2.24) is 10.2 Å². The summed E-state index contributed by atoms with van der Waals surface area (Å²) in [6.45, 7) is 7.48. The molecular weight excluding hydrogens is 248 g/mol. The zero-order valence-corrected chi connectivity index (χ0v) is 13.3. The smallest absolute Gasteiger partial charge is 0.127 e. The summed E-state index contributed by atoms with van der Waals surface area (Å²) in [5.74, 6) is 1.64. The molecule has 20 heavy (non-hydrogen) atoms. The molecule has 0 fully saturated rings. The van der Waals surface area contributed by atoms with Gasteiger partial charge in [-0.25, -0.2) is 0 Å². The molecule has 1 aromatic carbocycles.